The molecule has 2 rings (SSSR count). The van der Waals surface area contributed by atoms with Crippen molar-refractivity contribution in [1.29, 1.82) is 0 Å². The maximum Gasteiger partial charge on any atom is 0.350 e. The van der Waals surface area contributed by atoms with E-state index in [1.807, 2.05) is 0 Å². The van der Waals surface area contributed by atoms with Gasteiger partial charge in [-0.2, -0.15) is 0 Å². The van der Waals surface area contributed by atoms with Gasteiger partial charge in [0.25, 0.3) is 5.91 Å². The Kier molecular flexibility index (Phi) is 4.38. The van der Waals surface area contributed by atoms with E-state index >= 15 is 0 Å². The molecule has 12 heteroatoms. The van der Waals surface area contributed by atoms with Gasteiger partial charge in [-0.15, -0.1) is 0 Å². The van der Waals surface area contributed by atoms with Crippen LogP contribution in [-0.4, -0.2) is 79.8 Å². The summed E-state index contributed by atoms with van der Waals surface area (Å²) in [5, 5.41) is 50.1. The van der Waals surface area contributed by atoms with Crippen LogP contribution < -0.4 is 11.5 Å². The smallest absolute Gasteiger partial charge is 0.350 e. The Hall–Kier alpha value is -1.38. The van der Waals surface area contributed by atoms with E-state index in [0.29, 0.717) is 0 Å². The van der Waals surface area contributed by atoms with Crippen molar-refractivity contribution < 1.29 is 49.3 Å². The number of fused-ring (bicyclic) bond motifs is 1. The fourth-order valence-electron chi connectivity index (χ4n) is 2.33. The second-order valence-electron chi connectivity index (χ2n) is 5.36. The molecule has 0 amide bonds. The summed E-state index contributed by atoms with van der Waals surface area (Å²) in [6.07, 6.45) is -4.80. The van der Waals surface area contributed by atoms with Crippen molar-refractivity contribution >= 4 is 11.9 Å². The van der Waals surface area contributed by atoms with Gasteiger partial charge >= 0.3 is 23.5 Å². The van der Waals surface area contributed by atoms with Crippen LogP contribution in [0.5, 0.6) is 0 Å². The van der Waals surface area contributed by atoms with Crippen LogP contribution in [0.25, 0.3) is 0 Å². The van der Waals surface area contributed by atoms with Crippen molar-refractivity contribution in [3.8, 4) is 0 Å². The van der Waals surface area contributed by atoms with Gasteiger partial charge in [0.1, 0.15) is 12.1 Å². The molecule has 0 aromatic rings. The molecule has 12 nitrogen and oxygen atoms in total. The van der Waals surface area contributed by atoms with Gasteiger partial charge in [0.15, 0.2) is 6.10 Å². The molecule has 2 aliphatic rings. The maximum absolute atomic E-state index is 11.8. The predicted octanol–water partition coefficient (Wildman–Crippen LogP) is -5.07. The largest absolute Gasteiger partial charge is 0.423 e. The molecule has 132 valence electrons. The third-order valence-electron chi connectivity index (χ3n) is 3.72. The van der Waals surface area contributed by atoms with Crippen molar-refractivity contribution in [2.45, 2.75) is 48.6 Å². The maximum atomic E-state index is 11.8. The van der Waals surface area contributed by atoms with Crippen LogP contribution >= 0.6 is 0 Å². The second kappa shape index (κ2) is 5.61. The highest BCUT2D eigenvalue weighted by Crippen LogP contribution is 2.43. The minimum absolute atomic E-state index is 0.257. The van der Waals surface area contributed by atoms with Gasteiger partial charge in [0.05, 0.1) is 6.61 Å². The fourth-order valence-corrected chi connectivity index (χ4v) is 2.33. The predicted molar refractivity (Wildman–Crippen MR) is 66.4 cm³/mol. The first-order chi connectivity index (χ1) is 10.5. The molecule has 0 aromatic heterocycles. The van der Waals surface area contributed by atoms with E-state index in [4.69, 9.17) is 16.6 Å². The molecule has 9 N–H and O–H groups in total. The molecule has 2 fully saturated rings. The van der Waals surface area contributed by atoms with Gasteiger partial charge in [0.2, 0.25) is 0 Å². The molecule has 0 aromatic carbocycles. The van der Waals surface area contributed by atoms with Gasteiger partial charge < -0.3 is 45.5 Å². The molecule has 0 radical (unpaired) electrons. The van der Waals surface area contributed by atoms with Gasteiger partial charge in [-0.3, -0.25) is 15.3 Å². The lowest BCUT2D eigenvalue weighted by Gasteiger charge is -2.53. The number of aliphatic hydroxyl groups is 5. The first-order valence-electron chi connectivity index (χ1n) is 6.61. The fraction of sp³-hybridized carbons (Fsp3) is 0.818. The monoisotopic (exact) mass is 338 g/mol. The molecule has 0 spiro atoms. The Morgan fingerprint density at radius 2 is 1.83 bits per heavy atom. The number of hydrogen-bond donors (Lipinski definition) is 7. The molecule has 23 heavy (non-hydrogen) atoms. The lowest BCUT2D eigenvalue weighted by molar-refractivity contribution is -0.509. The van der Waals surface area contributed by atoms with Crippen LogP contribution in [0.2, 0.25) is 0 Å². The Morgan fingerprint density at radius 3 is 2.39 bits per heavy atom. The van der Waals surface area contributed by atoms with Gasteiger partial charge in [-0.25, -0.2) is 0 Å². The zero-order valence-corrected chi connectivity index (χ0v) is 11.8. The Bertz CT molecular complexity index is 513. The number of carbonyl (C=O) groups is 2. The summed E-state index contributed by atoms with van der Waals surface area (Å²) < 4.78 is 13.8. The minimum atomic E-state index is -3.61. The van der Waals surface area contributed by atoms with Gasteiger partial charge in [-0.05, 0) is 6.42 Å². The van der Waals surface area contributed by atoms with E-state index in [1.54, 1.807) is 0 Å². The van der Waals surface area contributed by atoms with Crippen molar-refractivity contribution in [3.05, 3.63) is 0 Å². The highest BCUT2D eigenvalue weighted by molar-refractivity contribution is 5.78. The summed E-state index contributed by atoms with van der Waals surface area (Å²) in [7, 11) is 0. The molecular formula is C11H18N2O10. The van der Waals surface area contributed by atoms with E-state index in [0.717, 1.165) is 0 Å². The first kappa shape index (κ1) is 18.0. The number of aliphatic hydroxyl groups excluding tert-OH is 2. The van der Waals surface area contributed by atoms with Crippen molar-refractivity contribution in [2.75, 3.05) is 6.61 Å². The van der Waals surface area contributed by atoms with Crippen LogP contribution in [0.1, 0.15) is 12.8 Å². The molecule has 2 saturated heterocycles. The zero-order chi connectivity index (χ0) is 17.6. The molecule has 6 atom stereocenters. The molecule has 2 heterocycles. The molecular weight excluding hydrogens is 320 g/mol. The minimum Gasteiger partial charge on any atom is -0.423 e. The number of nitrogens with two attached hydrogens (primary N) is 2. The highest BCUT2D eigenvalue weighted by Gasteiger charge is 2.77. The second-order valence-corrected chi connectivity index (χ2v) is 5.36. The molecule has 0 saturated carbocycles. The Morgan fingerprint density at radius 1 is 1.22 bits per heavy atom. The number of ether oxygens (including phenoxy) is 3. The van der Waals surface area contributed by atoms with Gasteiger partial charge in [0, 0.05) is 6.42 Å². The Balaban J connectivity index is 2.58. The Labute approximate surface area is 129 Å². The number of hydrogen-bond acceptors (Lipinski definition) is 12. The summed E-state index contributed by atoms with van der Waals surface area (Å²) >= 11 is 0. The topological polar surface area (TPSA) is 215 Å². The summed E-state index contributed by atoms with van der Waals surface area (Å²) in [5.74, 6) is -12.9. The quantitative estimate of drug-likeness (QED) is 0.176. The van der Waals surface area contributed by atoms with E-state index in [9.17, 15) is 30.0 Å². The summed E-state index contributed by atoms with van der Waals surface area (Å²) in [6, 6.07) is -1.41. The van der Waals surface area contributed by atoms with Gasteiger partial charge in [-0.1, -0.05) is 0 Å². The lowest BCUT2D eigenvalue weighted by atomic mass is 9.89. The molecule has 2 aliphatic heterocycles. The van der Waals surface area contributed by atoms with E-state index in [2.05, 4.69) is 14.2 Å². The number of carbonyl (C=O) groups excluding carboxylic acids is 2. The normalized spacial score (nSPS) is 48.4. The average Bonchev–Trinajstić information content (AvgIpc) is 2.49. The van der Waals surface area contributed by atoms with E-state index in [1.165, 1.54) is 0 Å². The third kappa shape index (κ3) is 2.58. The summed E-state index contributed by atoms with van der Waals surface area (Å²) in [5.41, 5.74) is 10.7. The summed E-state index contributed by atoms with van der Waals surface area (Å²) in [4.78, 5) is 23.6. The number of esters is 2. The third-order valence-corrected chi connectivity index (χ3v) is 3.72. The first-order valence-corrected chi connectivity index (χ1v) is 6.61. The molecule has 0 bridgehead atoms. The molecule has 1 unspecified atom stereocenters. The van der Waals surface area contributed by atoms with E-state index in [-0.39, 0.29) is 6.42 Å². The lowest BCUT2D eigenvalue weighted by Crippen LogP contribution is -2.84. The van der Waals surface area contributed by atoms with Crippen LogP contribution in [0.3, 0.4) is 0 Å². The zero-order valence-electron chi connectivity index (χ0n) is 11.8. The van der Waals surface area contributed by atoms with Crippen molar-refractivity contribution in [1.82, 2.24) is 0 Å². The SMILES string of the molecule is N[C@@H]1CCC(=O)O[C@@]2(O)[C@@H](O)[C@@H](CO)OC(N)(O)[C@]2(O)OC1=O. The van der Waals surface area contributed by atoms with Crippen molar-refractivity contribution in [3.63, 3.8) is 0 Å². The van der Waals surface area contributed by atoms with E-state index < -0.39 is 60.7 Å². The van der Waals surface area contributed by atoms with Crippen molar-refractivity contribution in [2.24, 2.45) is 11.5 Å². The van der Waals surface area contributed by atoms with Crippen LogP contribution in [0, 0.1) is 0 Å². The van der Waals surface area contributed by atoms with Crippen LogP contribution in [0.4, 0.5) is 0 Å². The summed E-state index contributed by atoms with van der Waals surface area (Å²) in [6.45, 7) is -0.982. The highest BCUT2D eigenvalue weighted by atomic mass is 16.8. The van der Waals surface area contributed by atoms with Crippen LogP contribution in [0.15, 0.2) is 0 Å². The molecule has 0 aliphatic carbocycles. The number of rotatable bonds is 1. The average molecular weight is 338 g/mol. The standard InChI is InChI=1S/C11H18N2O10/c12-4-1-2-6(15)22-9(18)7(16)5(3-14)21-11(13,20)10(9,19)23-8(4)17/h4-5,7,14,16,18-20H,1-3,12-13H2/t4-,5-,7+,9+,10-,11?/m1/s1. The van der Waals surface area contributed by atoms with Crippen LogP contribution in [-0.2, 0) is 23.8 Å².